The van der Waals surface area contributed by atoms with Crippen LogP contribution in [0, 0.1) is 6.92 Å². The average Bonchev–Trinajstić information content (AvgIpc) is 2.83. The number of nitrogens with one attached hydrogen (secondary N) is 1. The summed E-state index contributed by atoms with van der Waals surface area (Å²) in [6, 6.07) is 17.8. The third-order valence-electron chi connectivity index (χ3n) is 5.40. The van der Waals surface area contributed by atoms with Crippen molar-refractivity contribution in [1.82, 2.24) is 0 Å². The quantitative estimate of drug-likeness (QED) is 0.407. The number of amides is 1. The van der Waals surface area contributed by atoms with Crippen LogP contribution in [0.15, 0.2) is 71.6 Å². The van der Waals surface area contributed by atoms with Gasteiger partial charge >= 0.3 is 5.97 Å². The second-order valence-corrected chi connectivity index (χ2v) is 10.6. The van der Waals surface area contributed by atoms with Crippen molar-refractivity contribution >= 4 is 44.9 Å². The van der Waals surface area contributed by atoms with E-state index in [-0.39, 0.29) is 27.1 Å². The third kappa shape index (κ3) is 6.21. The van der Waals surface area contributed by atoms with Crippen LogP contribution in [0.4, 0.5) is 11.4 Å². The summed E-state index contributed by atoms with van der Waals surface area (Å²) >= 11 is 6.04. The number of hydrogen-bond acceptors (Lipinski definition) is 5. The second kappa shape index (κ2) is 10.9. The number of carbonyl (C=O) groups is 2. The highest BCUT2D eigenvalue weighted by Gasteiger charge is 2.27. The SMILES string of the molecule is COC(=O)c1cc(NC(=O)CN(c2ccc(C(C)C)cc2)S(=O)(=O)c2ccc(C)cc2)ccc1Cl. The Labute approximate surface area is 210 Å². The largest absolute Gasteiger partial charge is 0.465 e. The average molecular weight is 515 g/mol. The molecule has 184 valence electrons. The minimum Gasteiger partial charge on any atom is -0.465 e. The van der Waals surface area contributed by atoms with Gasteiger partial charge in [0.25, 0.3) is 10.0 Å². The number of hydrogen-bond donors (Lipinski definition) is 1. The summed E-state index contributed by atoms with van der Waals surface area (Å²) in [5.41, 5.74) is 2.68. The van der Waals surface area contributed by atoms with Gasteiger partial charge in [0.2, 0.25) is 5.91 Å². The highest BCUT2D eigenvalue weighted by molar-refractivity contribution is 7.92. The van der Waals surface area contributed by atoms with Crippen molar-refractivity contribution in [3.8, 4) is 0 Å². The number of nitrogens with zero attached hydrogens (tertiary/aromatic N) is 1. The molecule has 0 heterocycles. The van der Waals surface area contributed by atoms with E-state index < -0.39 is 28.4 Å². The molecule has 0 aliphatic heterocycles. The number of carbonyl (C=O) groups excluding carboxylic acids is 2. The van der Waals surface area contributed by atoms with Crippen LogP contribution in [-0.2, 0) is 19.6 Å². The van der Waals surface area contributed by atoms with Gasteiger partial charge in [0.05, 0.1) is 28.3 Å². The van der Waals surface area contributed by atoms with Crippen LogP contribution < -0.4 is 9.62 Å². The molecule has 0 atom stereocenters. The van der Waals surface area contributed by atoms with Crippen molar-refractivity contribution in [3.63, 3.8) is 0 Å². The van der Waals surface area contributed by atoms with E-state index in [4.69, 9.17) is 16.3 Å². The number of ether oxygens (including phenoxy) is 1. The molecule has 35 heavy (non-hydrogen) atoms. The zero-order valence-corrected chi connectivity index (χ0v) is 21.5. The fourth-order valence-electron chi connectivity index (χ4n) is 3.38. The Kier molecular flexibility index (Phi) is 8.19. The van der Waals surface area contributed by atoms with Crippen LogP contribution >= 0.6 is 11.6 Å². The molecule has 0 aromatic heterocycles. The molecule has 0 aliphatic carbocycles. The molecule has 0 radical (unpaired) electrons. The topological polar surface area (TPSA) is 92.8 Å². The van der Waals surface area contributed by atoms with Crippen molar-refractivity contribution in [2.45, 2.75) is 31.6 Å². The maximum Gasteiger partial charge on any atom is 0.339 e. The summed E-state index contributed by atoms with van der Waals surface area (Å²) in [5.74, 6) is -0.977. The summed E-state index contributed by atoms with van der Waals surface area (Å²) in [7, 11) is -2.82. The van der Waals surface area contributed by atoms with Gasteiger partial charge < -0.3 is 10.1 Å². The van der Waals surface area contributed by atoms with Crippen LogP contribution in [0.5, 0.6) is 0 Å². The minimum absolute atomic E-state index is 0.0725. The van der Waals surface area contributed by atoms with Crippen molar-refractivity contribution < 1.29 is 22.7 Å². The molecule has 0 saturated carbocycles. The maximum atomic E-state index is 13.5. The molecule has 0 unspecified atom stereocenters. The number of halogens is 1. The van der Waals surface area contributed by atoms with Crippen LogP contribution in [0.3, 0.4) is 0 Å². The number of esters is 1. The van der Waals surface area contributed by atoms with Gasteiger partial charge in [0.15, 0.2) is 0 Å². The van der Waals surface area contributed by atoms with E-state index in [1.165, 1.54) is 37.4 Å². The maximum absolute atomic E-state index is 13.5. The molecule has 0 bridgehead atoms. The molecule has 0 fully saturated rings. The molecule has 9 heteroatoms. The van der Waals surface area contributed by atoms with Gasteiger partial charge in [0, 0.05) is 5.69 Å². The monoisotopic (exact) mass is 514 g/mol. The molecule has 3 aromatic carbocycles. The van der Waals surface area contributed by atoms with Gasteiger partial charge in [0.1, 0.15) is 6.54 Å². The van der Waals surface area contributed by atoms with E-state index in [0.29, 0.717) is 5.69 Å². The molecule has 3 aromatic rings. The van der Waals surface area contributed by atoms with E-state index in [0.717, 1.165) is 15.4 Å². The lowest BCUT2D eigenvalue weighted by molar-refractivity contribution is -0.114. The summed E-state index contributed by atoms with van der Waals surface area (Å²) in [5, 5.41) is 2.81. The number of benzene rings is 3. The molecule has 1 amide bonds. The van der Waals surface area contributed by atoms with E-state index in [1.807, 2.05) is 32.9 Å². The summed E-state index contributed by atoms with van der Waals surface area (Å²) < 4.78 is 32.9. The molecule has 7 nitrogen and oxygen atoms in total. The smallest absolute Gasteiger partial charge is 0.339 e. The van der Waals surface area contributed by atoms with Crippen molar-refractivity contribution in [2.24, 2.45) is 0 Å². The molecular formula is C26H27ClN2O5S. The van der Waals surface area contributed by atoms with Gasteiger partial charge in [-0.1, -0.05) is 55.3 Å². The first-order valence-corrected chi connectivity index (χ1v) is 12.7. The Balaban J connectivity index is 1.94. The fourth-order valence-corrected chi connectivity index (χ4v) is 4.99. The van der Waals surface area contributed by atoms with E-state index in [1.54, 1.807) is 24.3 Å². The van der Waals surface area contributed by atoms with Gasteiger partial charge in [-0.25, -0.2) is 13.2 Å². The molecule has 0 aliphatic rings. The number of methoxy groups -OCH3 is 1. The Morgan fingerprint density at radius 3 is 2.20 bits per heavy atom. The third-order valence-corrected chi connectivity index (χ3v) is 7.52. The zero-order chi connectivity index (χ0) is 25.8. The first-order valence-electron chi connectivity index (χ1n) is 10.9. The second-order valence-electron chi connectivity index (χ2n) is 8.31. The van der Waals surface area contributed by atoms with Crippen LogP contribution in [-0.4, -0.2) is 33.9 Å². The first-order chi connectivity index (χ1) is 16.5. The minimum atomic E-state index is -4.05. The van der Waals surface area contributed by atoms with Crippen molar-refractivity contribution in [2.75, 3.05) is 23.3 Å². The molecule has 3 rings (SSSR count). The Hall–Kier alpha value is -3.36. The van der Waals surface area contributed by atoms with Gasteiger partial charge in [-0.15, -0.1) is 0 Å². The number of sulfonamides is 1. The summed E-state index contributed by atoms with van der Waals surface area (Å²) in [6.07, 6.45) is 0. The van der Waals surface area contributed by atoms with Gasteiger partial charge in [-0.05, 0) is 60.9 Å². The normalized spacial score (nSPS) is 11.3. The predicted molar refractivity (Wildman–Crippen MR) is 138 cm³/mol. The highest BCUT2D eigenvalue weighted by Crippen LogP contribution is 2.27. The number of anilines is 2. The Morgan fingerprint density at radius 2 is 1.63 bits per heavy atom. The van der Waals surface area contributed by atoms with Gasteiger partial charge in [-0.2, -0.15) is 0 Å². The number of aryl methyl sites for hydroxylation is 1. The fraction of sp³-hybridized carbons (Fsp3) is 0.231. The van der Waals surface area contributed by atoms with Crippen molar-refractivity contribution in [1.29, 1.82) is 0 Å². The van der Waals surface area contributed by atoms with Gasteiger partial charge in [-0.3, -0.25) is 9.10 Å². The lowest BCUT2D eigenvalue weighted by Gasteiger charge is -2.24. The van der Waals surface area contributed by atoms with Crippen LogP contribution in [0.25, 0.3) is 0 Å². The standard InChI is InChI=1S/C26H27ClN2O5S/c1-17(2)19-7-10-21(11-8-19)29(35(32,33)22-12-5-18(3)6-13-22)16-25(30)28-20-9-14-24(27)23(15-20)26(31)34-4/h5-15,17H,16H2,1-4H3,(H,28,30). The van der Waals surface area contributed by atoms with Crippen LogP contribution in [0.2, 0.25) is 5.02 Å². The zero-order valence-electron chi connectivity index (χ0n) is 19.9. The Morgan fingerprint density at radius 1 is 1.00 bits per heavy atom. The number of rotatable bonds is 8. The van der Waals surface area contributed by atoms with E-state index in [2.05, 4.69) is 5.32 Å². The lowest BCUT2D eigenvalue weighted by atomic mass is 10.0. The lowest BCUT2D eigenvalue weighted by Crippen LogP contribution is -2.38. The predicted octanol–water partition coefficient (Wildman–Crippen LogP) is 5.39. The Bertz CT molecular complexity index is 1320. The van der Waals surface area contributed by atoms with E-state index >= 15 is 0 Å². The molecular weight excluding hydrogens is 488 g/mol. The summed E-state index contributed by atoms with van der Waals surface area (Å²) in [6.45, 7) is 5.46. The highest BCUT2D eigenvalue weighted by atomic mass is 35.5. The first kappa shape index (κ1) is 26.2. The summed E-state index contributed by atoms with van der Waals surface area (Å²) in [4.78, 5) is 25.0. The molecule has 0 saturated heterocycles. The molecule has 1 N–H and O–H groups in total. The van der Waals surface area contributed by atoms with Crippen LogP contribution in [0.1, 0.15) is 41.3 Å². The molecule has 0 spiro atoms. The van der Waals surface area contributed by atoms with E-state index in [9.17, 15) is 18.0 Å². The van der Waals surface area contributed by atoms with Crippen molar-refractivity contribution in [3.05, 3.63) is 88.4 Å².